The molecule has 0 saturated heterocycles. The number of nitrogens with zero attached hydrogens (tertiary/aromatic N) is 2. The number of benzene rings is 3. The van der Waals surface area contributed by atoms with Gasteiger partial charge in [0.1, 0.15) is 5.69 Å². The lowest BCUT2D eigenvalue weighted by Gasteiger charge is -2.12. The summed E-state index contributed by atoms with van der Waals surface area (Å²) < 4.78 is 5.05. The number of nitro benzene ring substituents is 1. The minimum Gasteiger partial charge on any atom is -0.462 e. The fourth-order valence-electron chi connectivity index (χ4n) is 3.29. The van der Waals surface area contributed by atoms with E-state index in [9.17, 15) is 20.2 Å². The molecule has 0 atom stereocenters. The highest BCUT2D eigenvalue weighted by molar-refractivity contribution is 5.94. The summed E-state index contributed by atoms with van der Waals surface area (Å²) in [6.07, 6.45) is 0.135. The summed E-state index contributed by atoms with van der Waals surface area (Å²) in [5.41, 5.74) is 8.82. The van der Waals surface area contributed by atoms with Crippen molar-refractivity contribution in [3.8, 4) is 17.2 Å². The number of anilines is 1. The number of esters is 1. The summed E-state index contributed by atoms with van der Waals surface area (Å²) in [6.45, 7) is 1.82. The highest BCUT2D eigenvalue weighted by atomic mass is 16.6. The van der Waals surface area contributed by atoms with E-state index in [1.165, 1.54) is 12.1 Å². The molecule has 0 aromatic heterocycles. The van der Waals surface area contributed by atoms with Crippen LogP contribution in [0.5, 0.6) is 0 Å². The number of nitro groups is 1. The van der Waals surface area contributed by atoms with Gasteiger partial charge in [0.15, 0.2) is 0 Å². The van der Waals surface area contributed by atoms with Crippen molar-refractivity contribution in [2.45, 2.75) is 13.3 Å². The maximum atomic E-state index is 12.3. The average molecular weight is 401 g/mol. The van der Waals surface area contributed by atoms with Crippen LogP contribution in [0.25, 0.3) is 11.1 Å². The van der Waals surface area contributed by atoms with Gasteiger partial charge in [-0.05, 0) is 41.8 Å². The molecule has 0 spiro atoms. The van der Waals surface area contributed by atoms with Gasteiger partial charge >= 0.3 is 5.97 Å². The Balaban J connectivity index is 2.02. The topological polar surface area (TPSA) is 119 Å². The van der Waals surface area contributed by atoms with Crippen LogP contribution in [-0.2, 0) is 11.2 Å². The summed E-state index contributed by atoms with van der Waals surface area (Å²) in [7, 11) is 0. The molecule has 0 heterocycles. The zero-order valence-corrected chi connectivity index (χ0v) is 16.3. The smallest absolute Gasteiger partial charge is 0.338 e. The Kier molecular flexibility index (Phi) is 6.08. The second-order valence-corrected chi connectivity index (χ2v) is 6.54. The Labute approximate surface area is 173 Å². The third-order valence-corrected chi connectivity index (χ3v) is 4.69. The summed E-state index contributed by atoms with van der Waals surface area (Å²) in [6, 6.07) is 19.5. The van der Waals surface area contributed by atoms with Crippen LogP contribution in [0.4, 0.5) is 11.4 Å². The summed E-state index contributed by atoms with van der Waals surface area (Å²) >= 11 is 0. The lowest BCUT2D eigenvalue weighted by atomic mass is 9.94. The van der Waals surface area contributed by atoms with E-state index in [1.807, 2.05) is 36.4 Å². The molecular weight excluding hydrogens is 382 g/mol. The molecular formula is C23H19N3O4. The number of hydrogen-bond acceptors (Lipinski definition) is 6. The van der Waals surface area contributed by atoms with E-state index in [0.717, 1.165) is 16.7 Å². The fourth-order valence-corrected chi connectivity index (χ4v) is 3.29. The number of hydrogen-bond donors (Lipinski definition) is 1. The normalized spacial score (nSPS) is 10.3. The molecule has 2 N–H and O–H groups in total. The number of carbonyl (C=O) groups is 1. The van der Waals surface area contributed by atoms with E-state index in [0.29, 0.717) is 5.56 Å². The maximum absolute atomic E-state index is 12.3. The Hall–Kier alpha value is -4.18. The minimum absolute atomic E-state index is 0.0115. The van der Waals surface area contributed by atoms with Crippen molar-refractivity contribution < 1.29 is 14.5 Å². The van der Waals surface area contributed by atoms with E-state index in [4.69, 9.17) is 10.5 Å². The molecule has 7 nitrogen and oxygen atoms in total. The van der Waals surface area contributed by atoms with Crippen molar-refractivity contribution in [2.24, 2.45) is 0 Å². The molecule has 0 fully saturated rings. The molecule has 0 aliphatic rings. The van der Waals surface area contributed by atoms with E-state index in [2.05, 4.69) is 6.07 Å². The summed E-state index contributed by atoms with van der Waals surface area (Å²) in [5, 5.41) is 20.9. The largest absolute Gasteiger partial charge is 0.462 e. The van der Waals surface area contributed by atoms with Crippen LogP contribution in [0, 0.1) is 21.4 Å². The third-order valence-electron chi connectivity index (χ3n) is 4.69. The first-order valence-corrected chi connectivity index (χ1v) is 9.27. The molecule has 0 aliphatic carbocycles. The summed E-state index contributed by atoms with van der Waals surface area (Å²) in [5.74, 6) is -0.629. The van der Waals surface area contributed by atoms with Crippen LogP contribution in [0.15, 0.2) is 60.7 Å². The molecule has 30 heavy (non-hydrogen) atoms. The molecule has 3 aromatic rings. The van der Waals surface area contributed by atoms with E-state index in [1.54, 1.807) is 19.1 Å². The van der Waals surface area contributed by atoms with Gasteiger partial charge in [0, 0.05) is 6.42 Å². The molecule has 0 radical (unpaired) electrons. The second-order valence-electron chi connectivity index (χ2n) is 6.54. The van der Waals surface area contributed by atoms with Crippen molar-refractivity contribution >= 4 is 17.3 Å². The van der Waals surface area contributed by atoms with E-state index < -0.39 is 10.9 Å². The molecule has 3 rings (SSSR count). The lowest BCUT2D eigenvalue weighted by Crippen LogP contribution is -2.12. The van der Waals surface area contributed by atoms with Gasteiger partial charge in [0.25, 0.3) is 5.69 Å². The van der Waals surface area contributed by atoms with Gasteiger partial charge in [-0.15, -0.1) is 0 Å². The monoisotopic (exact) mass is 401 g/mol. The number of nitrogens with two attached hydrogens (primary N) is 1. The fraction of sp³-hybridized carbons (Fsp3) is 0.130. The highest BCUT2D eigenvalue weighted by Crippen LogP contribution is 2.32. The Bertz CT molecular complexity index is 1150. The van der Waals surface area contributed by atoms with Crippen LogP contribution in [0.3, 0.4) is 0 Å². The quantitative estimate of drug-likeness (QED) is 0.281. The molecule has 0 saturated carbocycles. The Morgan fingerprint density at radius 3 is 2.47 bits per heavy atom. The molecule has 0 aliphatic heterocycles. The minimum atomic E-state index is -0.629. The Morgan fingerprint density at radius 1 is 1.13 bits per heavy atom. The van der Waals surface area contributed by atoms with Crippen molar-refractivity contribution in [2.75, 3.05) is 12.3 Å². The third kappa shape index (κ3) is 4.13. The highest BCUT2D eigenvalue weighted by Gasteiger charge is 2.25. The van der Waals surface area contributed by atoms with Crippen molar-refractivity contribution in [1.29, 1.82) is 5.26 Å². The number of carbonyl (C=O) groups excluding carboxylic acids is 1. The number of ether oxygens (including phenoxy) is 1. The predicted molar refractivity (Wildman–Crippen MR) is 113 cm³/mol. The zero-order chi connectivity index (χ0) is 21.7. The van der Waals surface area contributed by atoms with Crippen LogP contribution >= 0.6 is 0 Å². The van der Waals surface area contributed by atoms with E-state index in [-0.39, 0.29) is 35.5 Å². The van der Waals surface area contributed by atoms with Crippen molar-refractivity contribution in [1.82, 2.24) is 0 Å². The van der Waals surface area contributed by atoms with Crippen LogP contribution < -0.4 is 5.73 Å². The predicted octanol–water partition coefficient (Wildman–Crippen LogP) is 4.48. The van der Waals surface area contributed by atoms with Gasteiger partial charge in [-0.25, -0.2) is 4.79 Å². The van der Waals surface area contributed by atoms with Gasteiger partial charge < -0.3 is 10.5 Å². The molecule has 3 aromatic carbocycles. The first kappa shape index (κ1) is 20.6. The van der Waals surface area contributed by atoms with E-state index >= 15 is 0 Å². The SMILES string of the molecule is CCOC(=O)c1ccc(N)c([N+](=O)[O-])c1Cc1ccc(-c2ccccc2C#N)cc1. The molecule has 0 amide bonds. The lowest BCUT2D eigenvalue weighted by molar-refractivity contribution is -0.384. The molecule has 7 heteroatoms. The zero-order valence-electron chi connectivity index (χ0n) is 16.3. The maximum Gasteiger partial charge on any atom is 0.338 e. The first-order valence-electron chi connectivity index (χ1n) is 9.27. The first-order chi connectivity index (χ1) is 14.5. The van der Waals surface area contributed by atoms with Crippen LogP contribution in [0.2, 0.25) is 0 Å². The standard InChI is InChI=1S/C23H19N3O4/c1-2-30-23(27)19-11-12-21(25)22(26(28)29)20(19)13-15-7-9-16(10-8-15)18-6-4-3-5-17(18)14-24/h3-12H,2,13,25H2,1H3. The van der Waals surface area contributed by atoms with Crippen molar-refractivity contribution in [3.63, 3.8) is 0 Å². The van der Waals surface area contributed by atoms with Gasteiger partial charge in [0.05, 0.1) is 34.3 Å². The molecule has 0 unspecified atom stereocenters. The molecule has 0 bridgehead atoms. The molecule has 150 valence electrons. The number of nitrogen functional groups attached to an aromatic ring is 1. The van der Waals surface area contributed by atoms with Crippen molar-refractivity contribution in [3.05, 3.63) is 93.0 Å². The van der Waals surface area contributed by atoms with Gasteiger partial charge in [-0.2, -0.15) is 5.26 Å². The van der Waals surface area contributed by atoms with Gasteiger partial charge in [-0.3, -0.25) is 10.1 Å². The average Bonchev–Trinajstić information content (AvgIpc) is 2.74. The number of nitriles is 1. The second kappa shape index (κ2) is 8.88. The van der Waals surface area contributed by atoms with Gasteiger partial charge in [0.2, 0.25) is 0 Å². The Morgan fingerprint density at radius 2 is 1.83 bits per heavy atom. The van der Waals surface area contributed by atoms with Crippen LogP contribution in [-0.4, -0.2) is 17.5 Å². The van der Waals surface area contributed by atoms with Gasteiger partial charge in [-0.1, -0.05) is 42.5 Å². The van der Waals surface area contributed by atoms with Crippen LogP contribution in [0.1, 0.15) is 34.0 Å². The number of rotatable bonds is 6. The summed E-state index contributed by atoms with van der Waals surface area (Å²) in [4.78, 5) is 23.4.